The Labute approximate surface area is 86.4 Å². The zero-order chi connectivity index (χ0) is 11.6. The summed E-state index contributed by atoms with van der Waals surface area (Å²) in [7, 11) is -2.24. The van der Waals surface area contributed by atoms with E-state index in [9.17, 15) is 17.2 Å². The van der Waals surface area contributed by atoms with E-state index in [0.717, 1.165) is 18.4 Å². The lowest BCUT2D eigenvalue weighted by molar-refractivity contribution is 0.589. The molecule has 0 bridgehead atoms. The molecule has 0 aliphatic heterocycles. The van der Waals surface area contributed by atoms with E-state index in [1.165, 1.54) is 7.05 Å². The molecule has 2 N–H and O–H groups in total. The molecule has 0 atom stereocenters. The van der Waals surface area contributed by atoms with Crippen molar-refractivity contribution in [3.8, 4) is 0 Å². The number of nitrogens with one attached hydrogen (secondary N) is 2. The molecule has 15 heavy (non-hydrogen) atoms. The maximum absolute atomic E-state index is 13.4. The Bertz CT molecular complexity index is 474. The van der Waals surface area contributed by atoms with Gasteiger partial charge in [0.25, 0.3) is 0 Å². The first-order chi connectivity index (χ1) is 6.85. The highest BCUT2D eigenvalue weighted by Crippen LogP contribution is 2.25. The van der Waals surface area contributed by atoms with Gasteiger partial charge in [0.2, 0.25) is 10.0 Å². The fourth-order valence-electron chi connectivity index (χ4n) is 1.06. The Morgan fingerprint density at radius 3 is 2.33 bits per heavy atom. The number of sulfonamides is 1. The van der Waals surface area contributed by atoms with Crippen LogP contribution in [0.15, 0.2) is 12.1 Å². The molecule has 0 heterocycles. The second-order valence-electron chi connectivity index (χ2n) is 2.91. The number of rotatable bonds is 3. The van der Waals surface area contributed by atoms with Gasteiger partial charge in [-0.2, -0.15) is 0 Å². The molecule has 1 rings (SSSR count). The van der Waals surface area contributed by atoms with E-state index in [4.69, 9.17) is 0 Å². The second-order valence-corrected chi connectivity index (χ2v) is 4.66. The predicted octanol–water partition coefficient (Wildman–Crippen LogP) is 1.38. The minimum Gasteiger partial charge on any atom is -0.383 e. The summed E-state index contributed by atoms with van der Waals surface area (Å²) < 4.78 is 50.1. The van der Waals surface area contributed by atoms with Crippen molar-refractivity contribution in [2.24, 2.45) is 0 Å². The molecule has 7 heteroatoms. The van der Waals surface area contributed by atoms with Crippen molar-refractivity contribution in [2.45, 2.75) is 0 Å². The molecule has 1 aromatic rings. The summed E-state index contributed by atoms with van der Waals surface area (Å²) in [6.07, 6.45) is 0.884. The second kappa shape index (κ2) is 4.01. The van der Waals surface area contributed by atoms with Gasteiger partial charge in [0.15, 0.2) is 5.82 Å². The molecule has 0 unspecified atom stereocenters. The van der Waals surface area contributed by atoms with Crippen LogP contribution < -0.4 is 10.0 Å². The molecule has 0 aromatic heterocycles. The average Bonchev–Trinajstić information content (AvgIpc) is 2.09. The van der Waals surface area contributed by atoms with Crippen LogP contribution in [0.5, 0.6) is 0 Å². The molecule has 84 valence electrons. The van der Waals surface area contributed by atoms with Crippen LogP contribution in [-0.4, -0.2) is 21.7 Å². The first-order valence-corrected chi connectivity index (χ1v) is 5.88. The molecule has 0 spiro atoms. The van der Waals surface area contributed by atoms with Gasteiger partial charge >= 0.3 is 0 Å². The van der Waals surface area contributed by atoms with E-state index in [2.05, 4.69) is 5.32 Å². The van der Waals surface area contributed by atoms with Crippen LogP contribution in [0.1, 0.15) is 0 Å². The topological polar surface area (TPSA) is 58.2 Å². The minimum absolute atomic E-state index is 0.289. The Morgan fingerprint density at radius 2 is 1.87 bits per heavy atom. The molecule has 0 aliphatic carbocycles. The number of anilines is 2. The van der Waals surface area contributed by atoms with Crippen molar-refractivity contribution in [2.75, 3.05) is 23.3 Å². The van der Waals surface area contributed by atoms with Crippen molar-refractivity contribution < 1.29 is 17.2 Å². The third-order valence-electron chi connectivity index (χ3n) is 1.64. The Hall–Kier alpha value is -1.37. The van der Waals surface area contributed by atoms with E-state index in [-0.39, 0.29) is 11.4 Å². The van der Waals surface area contributed by atoms with Gasteiger partial charge in [-0.25, -0.2) is 17.2 Å². The molecule has 0 aliphatic rings. The average molecular weight is 236 g/mol. The Balaban J connectivity index is 3.22. The lowest BCUT2D eigenvalue weighted by atomic mass is 10.2. The van der Waals surface area contributed by atoms with Crippen molar-refractivity contribution in [3.05, 3.63) is 23.8 Å². The molecule has 0 saturated heterocycles. The van der Waals surface area contributed by atoms with Crippen LogP contribution in [0.2, 0.25) is 0 Å². The zero-order valence-corrected chi connectivity index (χ0v) is 8.95. The summed E-state index contributed by atoms with van der Waals surface area (Å²) in [5.74, 6) is -1.75. The predicted molar refractivity (Wildman–Crippen MR) is 54.4 cm³/mol. The standard InChI is InChI=1S/C8H10F2N2O2S/c1-11-8-5(9)3-4-6(7(8)10)12-15(2,13)14/h3-4,11-12H,1-2H3. The third-order valence-corrected chi connectivity index (χ3v) is 2.23. The van der Waals surface area contributed by atoms with Crippen LogP contribution in [0.25, 0.3) is 0 Å². The molecule has 0 saturated carbocycles. The minimum atomic E-state index is -3.58. The smallest absolute Gasteiger partial charge is 0.229 e. The van der Waals surface area contributed by atoms with E-state index < -0.39 is 21.7 Å². The van der Waals surface area contributed by atoms with Gasteiger partial charge in [0.05, 0.1) is 11.9 Å². The number of hydrogen-bond donors (Lipinski definition) is 2. The van der Waals surface area contributed by atoms with Gasteiger partial charge in [-0.3, -0.25) is 4.72 Å². The van der Waals surface area contributed by atoms with E-state index in [1.54, 1.807) is 0 Å². The fourth-order valence-corrected chi connectivity index (χ4v) is 1.62. The van der Waals surface area contributed by atoms with Crippen molar-refractivity contribution in [3.63, 3.8) is 0 Å². The van der Waals surface area contributed by atoms with Crippen molar-refractivity contribution in [1.29, 1.82) is 0 Å². The van der Waals surface area contributed by atoms with Gasteiger partial charge in [0, 0.05) is 7.05 Å². The monoisotopic (exact) mass is 236 g/mol. The quantitative estimate of drug-likeness (QED) is 0.833. The maximum atomic E-state index is 13.4. The van der Waals surface area contributed by atoms with Gasteiger partial charge in [0.1, 0.15) is 11.5 Å². The molecular formula is C8H10F2N2O2S. The lowest BCUT2D eigenvalue weighted by Crippen LogP contribution is -2.12. The highest BCUT2D eigenvalue weighted by Gasteiger charge is 2.14. The summed E-state index contributed by atoms with van der Waals surface area (Å²) in [6, 6.07) is 2.00. The highest BCUT2D eigenvalue weighted by atomic mass is 32.2. The SMILES string of the molecule is CNc1c(F)ccc(NS(C)(=O)=O)c1F. The molecule has 0 fully saturated rings. The van der Waals surface area contributed by atoms with E-state index >= 15 is 0 Å². The first kappa shape index (κ1) is 11.7. The van der Waals surface area contributed by atoms with Crippen LogP contribution in [0, 0.1) is 11.6 Å². The van der Waals surface area contributed by atoms with Gasteiger partial charge in [-0.1, -0.05) is 0 Å². The summed E-state index contributed by atoms with van der Waals surface area (Å²) in [4.78, 5) is 0. The third kappa shape index (κ3) is 2.79. The summed E-state index contributed by atoms with van der Waals surface area (Å²) in [5, 5.41) is 2.30. The van der Waals surface area contributed by atoms with E-state index in [0.29, 0.717) is 0 Å². The Morgan fingerprint density at radius 1 is 1.27 bits per heavy atom. The first-order valence-electron chi connectivity index (χ1n) is 3.98. The Kier molecular flexibility index (Phi) is 3.13. The number of hydrogen-bond acceptors (Lipinski definition) is 3. The van der Waals surface area contributed by atoms with Crippen LogP contribution in [0.4, 0.5) is 20.2 Å². The lowest BCUT2D eigenvalue weighted by Gasteiger charge is -2.09. The van der Waals surface area contributed by atoms with Crippen molar-refractivity contribution in [1.82, 2.24) is 0 Å². The van der Waals surface area contributed by atoms with Gasteiger partial charge in [-0.05, 0) is 12.1 Å². The molecule has 1 aromatic carbocycles. The molecule has 0 amide bonds. The van der Waals surface area contributed by atoms with Crippen LogP contribution in [0.3, 0.4) is 0 Å². The zero-order valence-electron chi connectivity index (χ0n) is 8.14. The maximum Gasteiger partial charge on any atom is 0.229 e. The number of halogens is 2. The summed E-state index contributed by atoms with van der Waals surface area (Å²) >= 11 is 0. The van der Waals surface area contributed by atoms with Gasteiger partial charge in [-0.15, -0.1) is 0 Å². The number of benzene rings is 1. The summed E-state index contributed by atoms with van der Waals surface area (Å²) in [5.41, 5.74) is -0.660. The van der Waals surface area contributed by atoms with E-state index in [1.807, 2.05) is 4.72 Å². The highest BCUT2D eigenvalue weighted by molar-refractivity contribution is 7.92. The van der Waals surface area contributed by atoms with Gasteiger partial charge < -0.3 is 5.32 Å². The fraction of sp³-hybridized carbons (Fsp3) is 0.250. The normalized spacial score (nSPS) is 11.2. The van der Waals surface area contributed by atoms with Crippen LogP contribution in [-0.2, 0) is 10.0 Å². The van der Waals surface area contributed by atoms with Crippen LogP contribution >= 0.6 is 0 Å². The molecule has 0 radical (unpaired) electrons. The van der Waals surface area contributed by atoms with Crippen molar-refractivity contribution >= 4 is 21.4 Å². The largest absolute Gasteiger partial charge is 0.383 e. The summed E-state index contributed by atoms with van der Waals surface area (Å²) in [6.45, 7) is 0. The molecule has 4 nitrogen and oxygen atoms in total. The molecular weight excluding hydrogens is 226 g/mol.